The summed E-state index contributed by atoms with van der Waals surface area (Å²) in [6, 6.07) is 3.08. The standard InChI is InChI=1S/C12H11Cl2N3O/c1-2-11-16-10(14)5-12(18)17(11)7-8-3-4-15-6-9(8)13/h3-6H,2,7H2,1H3. The first kappa shape index (κ1) is 13.1. The van der Waals surface area contributed by atoms with E-state index >= 15 is 0 Å². The first-order chi connectivity index (χ1) is 8.61. The molecule has 0 N–H and O–H groups in total. The molecule has 0 bridgehead atoms. The van der Waals surface area contributed by atoms with Gasteiger partial charge in [-0.2, -0.15) is 0 Å². The maximum absolute atomic E-state index is 11.9. The summed E-state index contributed by atoms with van der Waals surface area (Å²) in [5.41, 5.74) is 0.646. The highest BCUT2D eigenvalue weighted by Gasteiger charge is 2.08. The summed E-state index contributed by atoms with van der Waals surface area (Å²) < 4.78 is 1.56. The summed E-state index contributed by atoms with van der Waals surface area (Å²) in [5.74, 6) is 0.639. The summed E-state index contributed by atoms with van der Waals surface area (Å²) in [4.78, 5) is 20.0. The molecule has 2 aromatic heterocycles. The molecule has 6 heteroatoms. The molecule has 0 saturated heterocycles. The van der Waals surface area contributed by atoms with E-state index in [0.29, 0.717) is 23.8 Å². The number of hydrogen-bond donors (Lipinski definition) is 0. The molecule has 0 aliphatic carbocycles. The molecule has 0 radical (unpaired) electrons. The van der Waals surface area contributed by atoms with Gasteiger partial charge in [0.15, 0.2) is 0 Å². The second-order valence-electron chi connectivity index (χ2n) is 3.74. The highest BCUT2D eigenvalue weighted by Crippen LogP contribution is 2.15. The zero-order valence-corrected chi connectivity index (χ0v) is 11.2. The van der Waals surface area contributed by atoms with Crippen LogP contribution in [0.1, 0.15) is 18.3 Å². The lowest BCUT2D eigenvalue weighted by Crippen LogP contribution is -2.24. The molecule has 0 saturated carbocycles. The van der Waals surface area contributed by atoms with E-state index in [9.17, 15) is 4.79 Å². The van der Waals surface area contributed by atoms with Crippen LogP contribution in [0, 0.1) is 0 Å². The average Bonchev–Trinajstić information content (AvgIpc) is 2.34. The summed E-state index contributed by atoms with van der Waals surface area (Å²) in [5, 5.41) is 0.746. The fraction of sp³-hybridized carbons (Fsp3) is 0.250. The highest BCUT2D eigenvalue weighted by atomic mass is 35.5. The third-order valence-corrected chi connectivity index (χ3v) is 3.09. The minimum Gasteiger partial charge on any atom is -0.292 e. The molecule has 0 spiro atoms. The van der Waals surface area contributed by atoms with Gasteiger partial charge >= 0.3 is 0 Å². The number of aryl methyl sites for hydroxylation is 1. The third kappa shape index (κ3) is 2.71. The van der Waals surface area contributed by atoms with Crippen LogP contribution in [0.5, 0.6) is 0 Å². The molecule has 4 nitrogen and oxygen atoms in total. The van der Waals surface area contributed by atoms with E-state index in [-0.39, 0.29) is 10.7 Å². The van der Waals surface area contributed by atoms with Gasteiger partial charge in [-0.05, 0) is 11.6 Å². The van der Waals surface area contributed by atoms with Gasteiger partial charge in [0.25, 0.3) is 5.56 Å². The Hall–Kier alpha value is -1.39. The Morgan fingerprint density at radius 3 is 2.83 bits per heavy atom. The molecular formula is C12H11Cl2N3O. The molecule has 0 fully saturated rings. The minimum absolute atomic E-state index is 0.181. The fourth-order valence-electron chi connectivity index (χ4n) is 1.66. The first-order valence-corrected chi connectivity index (χ1v) is 6.22. The number of pyridine rings is 1. The van der Waals surface area contributed by atoms with Gasteiger partial charge in [-0.3, -0.25) is 14.3 Å². The Morgan fingerprint density at radius 1 is 1.39 bits per heavy atom. The van der Waals surface area contributed by atoms with Crippen molar-refractivity contribution in [1.82, 2.24) is 14.5 Å². The largest absolute Gasteiger partial charge is 0.292 e. The lowest BCUT2D eigenvalue weighted by atomic mass is 10.2. The summed E-state index contributed by atoms with van der Waals surface area (Å²) in [6.07, 6.45) is 3.82. The Kier molecular flexibility index (Phi) is 3.99. The molecule has 94 valence electrons. The van der Waals surface area contributed by atoms with E-state index < -0.39 is 0 Å². The summed E-state index contributed by atoms with van der Waals surface area (Å²) in [7, 11) is 0. The monoisotopic (exact) mass is 283 g/mol. The van der Waals surface area contributed by atoms with E-state index in [1.165, 1.54) is 6.07 Å². The van der Waals surface area contributed by atoms with Crippen molar-refractivity contribution >= 4 is 23.2 Å². The molecule has 2 heterocycles. The van der Waals surface area contributed by atoms with Gasteiger partial charge in [0, 0.05) is 24.9 Å². The fourth-order valence-corrected chi connectivity index (χ4v) is 2.03. The van der Waals surface area contributed by atoms with Gasteiger partial charge in [0.1, 0.15) is 11.0 Å². The first-order valence-electron chi connectivity index (χ1n) is 5.46. The zero-order chi connectivity index (χ0) is 13.1. The van der Waals surface area contributed by atoms with Crippen molar-refractivity contribution in [1.29, 1.82) is 0 Å². The second kappa shape index (κ2) is 5.50. The Labute approximate surface area is 114 Å². The summed E-state index contributed by atoms with van der Waals surface area (Å²) in [6.45, 7) is 2.29. The quantitative estimate of drug-likeness (QED) is 0.814. The van der Waals surface area contributed by atoms with Crippen LogP contribution in [0.25, 0.3) is 0 Å². The van der Waals surface area contributed by atoms with Crippen molar-refractivity contribution in [2.75, 3.05) is 0 Å². The molecule has 2 aromatic rings. The molecule has 18 heavy (non-hydrogen) atoms. The maximum atomic E-state index is 11.9. The van der Waals surface area contributed by atoms with Crippen LogP contribution >= 0.6 is 23.2 Å². The van der Waals surface area contributed by atoms with Gasteiger partial charge in [-0.15, -0.1) is 0 Å². The van der Waals surface area contributed by atoms with Gasteiger partial charge in [-0.25, -0.2) is 4.98 Å². The van der Waals surface area contributed by atoms with Gasteiger partial charge in [-0.1, -0.05) is 30.1 Å². The van der Waals surface area contributed by atoms with Crippen LogP contribution in [0.2, 0.25) is 10.2 Å². The van der Waals surface area contributed by atoms with Crippen molar-refractivity contribution < 1.29 is 0 Å². The Morgan fingerprint density at radius 2 is 2.17 bits per heavy atom. The third-order valence-electron chi connectivity index (χ3n) is 2.56. The normalized spacial score (nSPS) is 10.6. The number of halogens is 2. The summed E-state index contributed by atoms with van der Waals surface area (Å²) >= 11 is 11.8. The molecule has 0 amide bonds. The van der Waals surface area contributed by atoms with Crippen LogP contribution in [-0.2, 0) is 13.0 Å². The lowest BCUT2D eigenvalue weighted by molar-refractivity contribution is 0.674. The zero-order valence-electron chi connectivity index (χ0n) is 9.73. The lowest BCUT2D eigenvalue weighted by Gasteiger charge is -2.11. The minimum atomic E-state index is -0.181. The molecule has 2 rings (SSSR count). The van der Waals surface area contributed by atoms with Crippen LogP contribution in [0.3, 0.4) is 0 Å². The van der Waals surface area contributed by atoms with Crippen molar-refractivity contribution in [3.05, 3.63) is 56.4 Å². The maximum Gasteiger partial charge on any atom is 0.255 e. The van der Waals surface area contributed by atoms with Gasteiger partial charge < -0.3 is 0 Å². The molecule has 0 aromatic carbocycles. The predicted molar refractivity (Wildman–Crippen MR) is 71.2 cm³/mol. The number of hydrogen-bond acceptors (Lipinski definition) is 3. The smallest absolute Gasteiger partial charge is 0.255 e. The SMILES string of the molecule is CCc1nc(Cl)cc(=O)n1Cc1ccncc1Cl. The van der Waals surface area contributed by atoms with Crippen molar-refractivity contribution in [3.8, 4) is 0 Å². The predicted octanol–water partition coefficient (Wildman–Crippen LogP) is 2.56. The number of nitrogens with zero attached hydrogens (tertiary/aromatic N) is 3. The highest BCUT2D eigenvalue weighted by molar-refractivity contribution is 6.31. The van der Waals surface area contributed by atoms with E-state index in [2.05, 4.69) is 9.97 Å². The van der Waals surface area contributed by atoms with Crippen LogP contribution in [0.4, 0.5) is 0 Å². The van der Waals surface area contributed by atoms with Crippen LogP contribution < -0.4 is 5.56 Å². The topological polar surface area (TPSA) is 47.8 Å². The molecular weight excluding hydrogens is 273 g/mol. The Bertz CT molecular complexity index is 625. The van der Waals surface area contributed by atoms with Gasteiger partial charge in [0.2, 0.25) is 0 Å². The molecule has 0 aliphatic rings. The van der Waals surface area contributed by atoms with Crippen molar-refractivity contribution in [3.63, 3.8) is 0 Å². The van der Waals surface area contributed by atoms with Crippen LogP contribution in [-0.4, -0.2) is 14.5 Å². The Balaban J connectivity index is 2.47. The van der Waals surface area contributed by atoms with E-state index in [0.717, 1.165) is 5.56 Å². The average molecular weight is 284 g/mol. The van der Waals surface area contributed by atoms with Crippen molar-refractivity contribution in [2.24, 2.45) is 0 Å². The van der Waals surface area contributed by atoms with E-state index in [1.54, 1.807) is 23.0 Å². The molecule has 0 aliphatic heterocycles. The molecule has 0 atom stereocenters. The van der Waals surface area contributed by atoms with E-state index in [1.807, 2.05) is 6.92 Å². The number of rotatable bonds is 3. The van der Waals surface area contributed by atoms with E-state index in [4.69, 9.17) is 23.2 Å². The second-order valence-corrected chi connectivity index (χ2v) is 4.53. The molecule has 0 unspecified atom stereocenters. The van der Waals surface area contributed by atoms with Crippen LogP contribution in [0.15, 0.2) is 29.3 Å². The number of aromatic nitrogens is 3. The van der Waals surface area contributed by atoms with Gasteiger partial charge in [0.05, 0.1) is 11.6 Å². The van der Waals surface area contributed by atoms with Crippen molar-refractivity contribution in [2.45, 2.75) is 19.9 Å².